The molecule has 0 amide bonds. The van der Waals surface area contributed by atoms with E-state index in [0.29, 0.717) is 22.4 Å². The summed E-state index contributed by atoms with van der Waals surface area (Å²) in [6.07, 6.45) is 2.44. The minimum Gasteiger partial charge on any atom is -0.328 e. The van der Waals surface area contributed by atoms with Crippen LogP contribution in [0.5, 0.6) is 0 Å². The summed E-state index contributed by atoms with van der Waals surface area (Å²) in [7, 11) is -1.45. The smallest absolute Gasteiger partial charge is 0.255 e. The molecule has 0 bridgehead atoms. The van der Waals surface area contributed by atoms with E-state index in [9.17, 15) is 9.00 Å². The van der Waals surface area contributed by atoms with Crippen molar-refractivity contribution >= 4 is 27.4 Å². The van der Waals surface area contributed by atoms with Crippen LogP contribution in [0.2, 0.25) is 0 Å². The highest BCUT2D eigenvalue weighted by molar-refractivity contribution is 7.86. The topological polar surface area (TPSA) is 77.0 Å². The number of H-pyrrole nitrogens is 1. The molecule has 0 aliphatic carbocycles. The van der Waals surface area contributed by atoms with Crippen molar-refractivity contribution in [3.05, 3.63) is 69.6 Å². The summed E-state index contributed by atoms with van der Waals surface area (Å²) in [5.41, 5.74) is 3.16. The number of benzene rings is 2. The lowest BCUT2D eigenvalue weighted by Crippen LogP contribution is -2.24. The number of nitrogens with zero attached hydrogens (tertiary/aromatic N) is 2. The third-order valence-corrected chi connectivity index (χ3v) is 6.04. The number of nitrogens with one attached hydrogen (secondary N) is 1. The Labute approximate surface area is 147 Å². The van der Waals surface area contributed by atoms with Gasteiger partial charge in [-0.1, -0.05) is 12.1 Å². The Hall–Kier alpha value is -2.91. The summed E-state index contributed by atoms with van der Waals surface area (Å²) in [5.74, 6) is 0. The number of fused-ring (bicyclic) bond motifs is 2. The number of rotatable bonds is 2. The van der Waals surface area contributed by atoms with Gasteiger partial charge >= 0.3 is 0 Å². The number of hydrogen-bond acceptors (Lipinski definition) is 3. The van der Waals surface area contributed by atoms with Gasteiger partial charge < -0.3 is 4.98 Å². The summed E-state index contributed by atoms with van der Waals surface area (Å²) in [4.78, 5) is 15.4. The second-order valence-corrected chi connectivity index (χ2v) is 7.41. The van der Waals surface area contributed by atoms with Crippen molar-refractivity contribution in [2.45, 2.75) is 18.2 Å². The van der Waals surface area contributed by atoms with Crippen molar-refractivity contribution < 1.29 is 4.21 Å². The van der Waals surface area contributed by atoms with Crippen LogP contribution in [-0.2, 0) is 17.4 Å². The quantitative estimate of drug-likeness (QED) is 0.773. The van der Waals surface area contributed by atoms with E-state index >= 15 is 0 Å². The summed E-state index contributed by atoms with van der Waals surface area (Å²) in [6.45, 7) is 2.51. The fraction of sp³-hybridized carbons (Fsp3) is 0.158. The van der Waals surface area contributed by atoms with Crippen molar-refractivity contribution in [3.8, 4) is 6.07 Å². The van der Waals surface area contributed by atoms with Gasteiger partial charge in [-0.15, -0.1) is 0 Å². The van der Waals surface area contributed by atoms with E-state index in [1.54, 1.807) is 36.5 Å². The molecule has 3 aromatic rings. The monoisotopic (exact) mass is 349 g/mol. The van der Waals surface area contributed by atoms with Crippen LogP contribution in [0.1, 0.15) is 16.7 Å². The lowest BCUT2D eigenvalue weighted by atomic mass is 10.1. The van der Waals surface area contributed by atoms with E-state index in [2.05, 4.69) is 11.1 Å². The van der Waals surface area contributed by atoms with Gasteiger partial charge in [-0.3, -0.25) is 9.10 Å². The van der Waals surface area contributed by atoms with Gasteiger partial charge in [-0.25, -0.2) is 4.21 Å². The van der Waals surface area contributed by atoms with Gasteiger partial charge in [-0.2, -0.15) is 5.26 Å². The highest BCUT2D eigenvalue weighted by Crippen LogP contribution is 2.34. The Morgan fingerprint density at radius 2 is 2.12 bits per heavy atom. The molecule has 0 spiro atoms. The molecule has 124 valence electrons. The van der Waals surface area contributed by atoms with Crippen LogP contribution in [0.3, 0.4) is 0 Å². The summed E-state index contributed by atoms with van der Waals surface area (Å²) in [5, 5.41) is 10.4. The highest BCUT2D eigenvalue weighted by atomic mass is 32.2. The average molecular weight is 349 g/mol. The molecular formula is C19H15N3O2S. The molecule has 1 N–H and O–H groups in total. The van der Waals surface area contributed by atoms with E-state index in [4.69, 9.17) is 5.26 Å². The number of aryl methyl sites for hydroxylation is 1. The maximum absolute atomic E-state index is 13.3. The molecule has 25 heavy (non-hydrogen) atoms. The predicted molar refractivity (Wildman–Crippen MR) is 97.9 cm³/mol. The lowest BCUT2D eigenvalue weighted by Gasteiger charge is -2.20. The normalized spacial score (nSPS) is 14.3. The summed E-state index contributed by atoms with van der Waals surface area (Å²) < 4.78 is 15.1. The van der Waals surface area contributed by atoms with Crippen LogP contribution in [0.4, 0.5) is 5.69 Å². The number of hydrogen-bond donors (Lipinski definition) is 1. The zero-order valence-corrected chi connectivity index (χ0v) is 14.4. The highest BCUT2D eigenvalue weighted by Gasteiger charge is 2.26. The van der Waals surface area contributed by atoms with Crippen molar-refractivity contribution in [3.63, 3.8) is 0 Å². The fourth-order valence-electron chi connectivity index (χ4n) is 3.31. The molecular weight excluding hydrogens is 334 g/mol. The number of anilines is 1. The van der Waals surface area contributed by atoms with E-state index in [-0.39, 0.29) is 5.56 Å². The van der Waals surface area contributed by atoms with Crippen molar-refractivity contribution in [1.29, 1.82) is 5.26 Å². The Kier molecular flexibility index (Phi) is 3.66. The van der Waals surface area contributed by atoms with E-state index in [1.807, 2.05) is 17.3 Å². The molecule has 6 heteroatoms. The lowest BCUT2D eigenvalue weighted by molar-refractivity contribution is 0.681. The molecule has 5 nitrogen and oxygen atoms in total. The maximum atomic E-state index is 13.3. The molecule has 0 saturated carbocycles. The van der Waals surface area contributed by atoms with E-state index in [0.717, 1.165) is 28.6 Å². The Morgan fingerprint density at radius 1 is 1.28 bits per heavy atom. The molecule has 0 fully saturated rings. The first-order chi connectivity index (χ1) is 12.1. The third-order valence-electron chi connectivity index (χ3n) is 4.54. The zero-order chi connectivity index (χ0) is 17.6. The Balaban J connectivity index is 1.88. The number of aromatic nitrogens is 1. The van der Waals surface area contributed by atoms with Gasteiger partial charge in [0, 0.05) is 23.5 Å². The van der Waals surface area contributed by atoms with E-state index in [1.165, 1.54) is 0 Å². The van der Waals surface area contributed by atoms with Crippen molar-refractivity contribution in [2.24, 2.45) is 0 Å². The van der Waals surface area contributed by atoms with Gasteiger partial charge in [0.05, 0.1) is 22.2 Å². The molecule has 2 heterocycles. The first kappa shape index (κ1) is 15.6. The van der Waals surface area contributed by atoms with E-state index < -0.39 is 11.0 Å². The van der Waals surface area contributed by atoms with Gasteiger partial charge in [0.2, 0.25) is 0 Å². The standard InChI is InChI=1S/C19H15N3O2S/c1-12-11-21-19(23)15-3-2-4-17(18(12)15)25(24)22-8-7-14-6-5-13(10-20)9-16(14)22/h2-6,9,11H,7-8H2,1H3,(H,21,23). The van der Waals surface area contributed by atoms with Crippen molar-refractivity contribution in [1.82, 2.24) is 4.98 Å². The maximum Gasteiger partial charge on any atom is 0.255 e. The number of nitriles is 1. The largest absolute Gasteiger partial charge is 0.328 e. The predicted octanol–water partition coefficient (Wildman–Crippen LogP) is 2.79. The molecule has 1 aliphatic heterocycles. The van der Waals surface area contributed by atoms with Crippen LogP contribution in [-0.4, -0.2) is 15.7 Å². The zero-order valence-electron chi connectivity index (χ0n) is 13.6. The second-order valence-electron chi connectivity index (χ2n) is 6.04. The first-order valence-electron chi connectivity index (χ1n) is 7.93. The Morgan fingerprint density at radius 3 is 2.92 bits per heavy atom. The summed E-state index contributed by atoms with van der Waals surface area (Å²) >= 11 is 0. The van der Waals surface area contributed by atoms with Crippen LogP contribution in [0, 0.1) is 18.3 Å². The summed E-state index contributed by atoms with van der Waals surface area (Å²) in [6, 6.07) is 12.9. The number of aromatic amines is 1. The SMILES string of the molecule is Cc1c[nH]c(=O)c2cccc(S(=O)N3CCc4ccc(C#N)cc43)c12. The van der Waals surface area contributed by atoms with Gasteiger partial charge in [0.25, 0.3) is 5.56 Å². The molecule has 1 unspecified atom stereocenters. The average Bonchev–Trinajstić information content (AvgIpc) is 3.06. The fourth-order valence-corrected chi connectivity index (χ4v) is 4.79. The second kappa shape index (κ2) is 5.87. The van der Waals surface area contributed by atoms with Gasteiger partial charge in [-0.05, 0) is 48.7 Å². The molecule has 1 aromatic heterocycles. The number of pyridine rings is 1. The molecule has 2 aromatic carbocycles. The van der Waals surface area contributed by atoms with Gasteiger partial charge in [0.1, 0.15) is 0 Å². The molecule has 4 rings (SSSR count). The third kappa shape index (κ3) is 2.44. The molecule has 1 atom stereocenters. The Bertz CT molecular complexity index is 1130. The first-order valence-corrected chi connectivity index (χ1v) is 9.04. The minimum atomic E-state index is -1.45. The molecule has 1 aliphatic rings. The van der Waals surface area contributed by atoms with Crippen LogP contribution >= 0.6 is 0 Å². The van der Waals surface area contributed by atoms with Crippen molar-refractivity contribution in [2.75, 3.05) is 10.8 Å². The molecule has 0 radical (unpaired) electrons. The minimum absolute atomic E-state index is 0.187. The molecule has 0 saturated heterocycles. The van der Waals surface area contributed by atoms with Crippen LogP contribution < -0.4 is 9.86 Å². The van der Waals surface area contributed by atoms with Crippen LogP contribution in [0.15, 0.2) is 52.3 Å². The van der Waals surface area contributed by atoms with Gasteiger partial charge in [0.15, 0.2) is 11.0 Å². The van der Waals surface area contributed by atoms with Crippen LogP contribution in [0.25, 0.3) is 10.8 Å².